The first kappa shape index (κ1) is 15.2. The fourth-order valence-electron chi connectivity index (χ4n) is 1.74. The maximum absolute atomic E-state index is 12.1. The molecular weight excluding hydrogens is 292 g/mol. The molecule has 0 aliphatic heterocycles. The van der Waals surface area contributed by atoms with Crippen LogP contribution in [0.3, 0.4) is 0 Å². The van der Waals surface area contributed by atoms with Crippen molar-refractivity contribution in [2.75, 3.05) is 5.33 Å². The van der Waals surface area contributed by atoms with Crippen LogP contribution >= 0.6 is 15.9 Å². The van der Waals surface area contributed by atoms with Crippen LogP contribution in [0.4, 0.5) is 0 Å². The number of amides is 1. The molecule has 0 aromatic carbocycles. The SMILES string of the molecule is CC(C)N(Cc1ccccn1)C(=O)CCCCBr. The van der Waals surface area contributed by atoms with E-state index in [2.05, 4.69) is 20.9 Å². The van der Waals surface area contributed by atoms with Gasteiger partial charge in [-0.25, -0.2) is 0 Å². The first-order chi connectivity index (χ1) is 8.65. The highest BCUT2D eigenvalue weighted by atomic mass is 79.9. The molecule has 0 unspecified atom stereocenters. The Morgan fingerprint density at radius 1 is 1.39 bits per heavy atom. The van der Waals surface area contributed by atoms with E-state index in [0.717, 1.165) is 23.9 Å². The van der Waals surface area contributed by atoms with Crippen LogP contribution in [0.25, 0.3) is 0 Å². The van der Waals surface area contributed by atoms with Crippen molar-refractivity contribution in [1.29, 1.82) is 0 Å². The number of halogens is 1. The molecule has 0 radical (unpaired) electrons. The van der Waals surface area contributed by atoms with Crippen molar-refractivity contribution in [3.63, 3.8) is 0 Å². The van der Waals surface area contributed by atoms with Crippen LogP contribution < -0.4 is 0 Å². The number of unbranched alkanes of at least 4 members (excludes halogenated alkanes) is 1. The van der Waals surface area contributed by atoms with Gasteiger partial charge in [0.2, 0.25) is 5.91 Å². The topological polar surface area (TPSA) is 33.2 Å². The fraction of sp³-hybridized carbons (Fsp3) is 0.571. The molecule has 100 valence electrons. The number of carbonyl (C=O) groups is 1. The molecule has 0 saturated carbocycles. The molecule has 3 nitrogen and oxygen atoms in total. The van der Waals surface area contributed by atoms with E-state index in [9.17, 15) is 4.79 Å². The van der Waals surface area contributed by atoms with Crippen molar-refractivity contribution in [2.24, 2.45) is 0 Å². The third-order valence-corrected chi connectivity index (χ3v) is 3.34. The van der Waals surface area contributed by atoms with E-state index in [1.165, 1.54) is 0 Å². The normalized spacial score (nSPS) is 10.7. The van der Waals surface area contributed by atoms with Gasteiger partial charge in [0.15, 0.2) is 0 Å². The highest BCUT2D eigenvalue weighted by Gasteiger charge is 2.17. The first-order valence-electron chi connectivity index (χ1n) is 6.40. The average molecular weight is 313 g/mol. The Bertz CT molecular complexity index is 354. The lowest BCUT2D eigenvalue weighted by atomic mass is 10.2. The molecule has 0 saturated heterocycles. The zero-order chi connectivity index (χ0) is 13.4. The zero-order valence-electron chi connectivity index (χ0n) is 11.1. The molecule has 0 N–H and O–H groups in total. The largest absolute Gasteiger partial charge is 0.334 e. The molecule has 0 atom stereocenters. The van der Waals surface area contributed by atoms with Gasteiger partial charge < -0.3 is 4.90 Å². The van der Waals surface area contributed by atoms with Crippen molar-refractivity contribution in [3.8, 4) is 0 Å². The molecule has 1 rings (SSSR count). The summed E-state index contributed by atoms with van der Waals surface area (Å²) in [4.78, 5) is 18.3. The summed E-state index contributed by atoms with van der Waals surface area (Å²) in [5.74, 6) is 0.219. The Kier molecular flexibility index (Phi) is 6.94. The highest BCUT2D eigenvalue weighted by molar-refractivity contribution is 9.09. The minimum Gasteiger partial charge on any atom is -0.334 e. The number of pyridine rings is 1. The number of rotatable bonds is 7. The molecule has 1 aromatic rings. The summed E-state index contributed by atoms with van der Waals surface area (Å²) < 4.78 is 0. The summed E-state index contributed by atoms with van der Waals surface area (Å²) in [5, 5.41) is 0.961. The minimum absolute atomic E-state index is 0.212. The Balaban J connectivity index is 2.57. The highest BCUT2D eigenvalue weighted by Crippen LogP contribution is 2.10. The van der Waals surface area contributed by atoms with Gasteiger partial charge in [0.1, 0.15) is 0 Å². The number of aromatic nitrogens is 1. The van der Waals surface area contributed by atoms with E-state index >= 15 is 0 Å². The third-order valence-electron chi connectivity index (χ3n) is 2.78. The van der Waals surface area contributed by atoms with Crippen molar-refractivity contribution >= 4 is 21.8 Å². The molecule has 1 heterocycles. The second kappa shape index (κ2) is 8.25. The smallest absolute Gasteiger partial charge is 0.223 e. The molecule has 1 amide bonds. The molecule has 1 aromatic heterocycles. The number of nitrogens with zero attached hydrogens (tertiary/aromatic N) is 2. The zero-order valence-corrected chi connectivity index (χ0v) is 12.7. The molecule has 0 fully saturated rings. The second-order valence-corrected chi connectivity index (χ2v) is 5.38. The van der Waals surface area contributed by atoms with Gasteiger partial charge in [-0.3, -0.25) is 9.78 Å². The van der Waals surface area contributed by atoms with Crippen molar-refractivity contribution in [1.82, 2.24) is 9.88 Å². The van der Waals surface area contributed by atoms with Gasteiger partial charge in [-0.1, -0.05) is 22.0 Å². The second-order valence-electron chi connectivity index (χ2n) is 4.58. The number of hydrogen-bond acceptors (Lipinski definition) is 2. The van der Waals surface area contributed by atoms with Gasteiger partial charge >= 0.3 is 0 Å². The molecule has 0 bridgehead atoms. The van der Waals surface area contributed by atoms with E-state index in [1.807, 2.05) is 36.9 Å². The summed E-state index contributed by atoms with van der Waals surface area (Å²) in [7, 11) is 0. The number of hydrogen-bond donors (Lipinski definition) is 0. The van der Waals surface area contributed by atoms with E-state index < -0.39 is 0 Å². The van der Waals surface area contributed by atoms with Gasteiger partial charge in [-0.2, -0.15) is 0 Å². The van der Waals surface area contributed by atoms with Crippen molar-refractivity contribution in [3.05, 3.63) is 30.1 Å². The van der Waals surface area contributed by atoms with Crippen LogP contribution in [0.2, 0.25) is 0 Å². The Hall–Kier alpha value is -0.900. The lowest BCUT2D eigenvalue weighted by Crippen LogP contribution is -2.36. The van der Waals surface area contributed by atoms with Crippen LogP contribution in [-0.2, 0) is 11.3 Å². The van der Waals surface area contributed by atoms with E-state index in [1.54, 1.807) is 6.20 Å². The van der Waals surface area contributed by atoms with Crippen LogP contribution in [0.15, 0.2) is 24.4 Å². The summed E-state index contributed by atoms with van der Waals surface area (Å²) >= 11 is 3.38. The summed E-state index contributed by atoms with van der Waals surface area (Å²) in [6.07, 6.45) is 4.37. The average Bonchev–Trinajstić information content (AvgIpc) is 2.37. The summed E-state index contributed by atoms with van der Waals surface area (Å²) in [5.41, 5.74) is 0.944. The predicted molar refractivity (Wildman–Crippen MR) is 77.6 cm³/mol. The molecule has 18 heavy (non-hydrogen) atoms. The Labute approximate surface area is 118 Å². The molecular formula is C14H21BrN2O. The molecule has 0 spiro atoms. The lowest BCUT2D eigenvalue weighted by molar-refractivity contribution is -0.133. The quantitative estimate of drug-likeness (QED) is 0.571. The minimum atomic E-state index is 0.212. The third kappa shape index (κ3) is 5.17. The number of carbonyl (C=O) groups excluding carboxylic acids is 1. The van der Waals surface area contributed by atoms with E-state index in [0.29, 0.717) is 13.0 Å². The summed E-state index contributed by atoms with van der Waals surface area (Å²) in [6.45, 7) is 4.70. The van der Waals surface area contributed by atoms with Gasteiger partial charge in [-0.15, -0.1) is 0 Å². The Morgan fingerprint density at radius 3 is 2.72 bits per heavy atom. The van der Waals surface area contributed by atoms with E-state index in [4.69, 9.17) is 0 Å². The van der Waals surface area contributed by atoms with E-state index in [-0.39, 0.29) is 11.9 Å². The lowest BCUT2D eigenvalue weighted by Gasteiger charge is -2.26. The van der Waals surface area contributed by atoms with Crippen LogP contribution in [0.1, 0.15) is 38.8 Å². The first-order valence-corrected chi connectivity index (χ1v) is 7.52. The fourth-order valence-corrected chi connectivity index (χ4v) is 2.14. The maximum Gasteiger partial charge on any atom is 0.223 e. The Morgan fingerprint density at radius 2 is 2.17 bits per heavy atom. The monoisotopic (exact) mass is 312 g/mol. The van der Waals surface area contributed by atoms with Gasteiger partial charge in [0.05, 0.1) is 12.2 Å². The van der Waals surface area contributed by atoms with Crippen molar-refractivity contribution in [2.45, 2.75) is 45.7 Å². The van der Waals surface area contributed by atoms with Crippen molar-refractivity contribution < 1.29 is 4.79 Å². The van der Waals surface area contributed by atoms with Crippen LogP contribution in [-0.4, -0.2) is 27.2 Å². The van der Waals surface area contributed by atoms with Gasteiger partial charge in [-0.05, 0) is 38.8 Å². The molecule has 0 aliphatic rings. The van der Waals surface area contributed by atoms with Crippen LogP contribution in [0, 0.1) is 0 Å². The van der Waals surface area contributed by atoms with Gasteiger partial charge in [0, 0.05) is 24.0 Å². The summed E-state index contributed by atoms with van der Waals surface area (Å²) in [6, 6.07) is 6.02. The standard InChI is InChI=1S/C14H21BrN2O/c1-12(2)17(14(18)8-3-5-9-15)11-13-7-4-6-10-16-13/h4,6-7,10,12H,3,5,8-9,11H2,1-2H3. The molecule has 4 heteroatoms. The number of alkyl halides is 1. The van der Waals surface area contributed by atoms with Crippen LogP contribution in [0.5, 0.6) is 0 Å². The maximum atomic E-state index is 12.1. The predicted octanol–water partition coefficient (Wildman–Crippen LogP) is 3.38. The molecule has 0 aliphatic carbocycles. The van der Waals surface area contributed by atoms with Gasteiger partial charge in [0.25, 0.3) is 0 Å².